The van der Waals surface area contributed by atoms with E-state index in [1.54, 1.807) is 49.6 Å². The Morgan fingerprint density at radius 1 is 1.20 bits per heavy atom. The number of aromatic nitrogens is 2. The molecule has 6 nitrogen and oxygen atoms in total. The molecule has 0 aliphatic rings. The van der Waals surface area contributed by atoms with Gasteiger partial charge in [-0.2, -0.15) is 0 Å². The third-order valence-electron chi connectivity index (χ3n) is 4.44. The van der Waals surface area contributed by atoms with Crippen LogP contribution in [0.15, 0.2) is 47.3 Å². The number of amides is 1. The van der Waals surface area contributed by atoms with Gasteiger partial charge in [0, 0.05) is 17.1 Å². The normalized spacial score (nSPS) is 11.5. The molecule has 0 bridgehead atoms. The highest BCUT2D eigenvalue weighted by Gasteiger charge is 2.17. The number of carbonyl (C=O) groups is 1. The van der Waals surface area contributed by atoms with Gasteiger partial charge < -0.3 is 4.74 Å². The summed E-state index contributed by atoms with van der Waals surface area (Å²) in [7, 11) is 0. The van der Waals surface area contributed by atoms with Crippen molar-refractivity contribution < 1.29 is 9.53 Å². The van der Waals surface area contributed by atoms with Crippen LogP contribution < -0.4 is 10.9 Å². The first-order valence-corrected chi connectivity index (χ1v) is 10.3. The van der Waals surface area contributed by atoms with Crippen molar-refractivity contribution in [3.8, 4) is 0 Å². The standard InChI is InChI=1S/C23H26ClN3O3/c1-5-8-20-26-19-12-11-16(25-22(29)30-23(2,3)4)13-17(19)21(28)27(20)14-15-9-6-7-10-18(15)24/h6-7,9-13H,5,8,14H2,1-4H3,(H,25,29). The monoisotopic (exact) mass is 427 g/mol. The summed E-state index contributed by atoms with van der Waals surface area (Å²) >= 11 is 6.31. The van der Waals surface area contributed by atoms with Crippen LogP contribution in [0.5, 0.6) is 0 Å². The fourth-order valence-corrected chi connectivity index (χ4v) is 3.34. The van der Waals surface area contributed by atoms with Gasteiger partial charge in [0.1, 0.15) is 11.4 Å². The largest absolute Gasteiger partial charge is 0.444 e. The number of halogens is 1. The molecule has 1 heterocycles. The number of hydrogen-bond acceptors (Lipinski definition) is 4. The SMILES string of the molecule is CCCc1nc2ccc(NC(=O)OC(C)(C)C)cc2c(=O)n1Cc1ccccc1Cl. The van der Waals surface area contributed by atoms with E-state index in [9.17, 15) is 9.59 Å². The predicted molar refractivity (Wildman–Crippen MR) is 120 cm³/mol. The van der Waals surface area contributed by atoms with Crippen LogP contribution in [-0.4, -0.2) is 21.2 Å². The Morgan fingerprint density at radius 3 is 2.60 bits per heavy atom. The molecule has 0 spiro atoms. The second-order valence-corrected chi connectivity index (χ2v) is 8.53. The number of nitrogens with one attached hydrogen (secondary N) is 1. The summed E-state index contributed by atoms with van der Waals surface area (Å²) in [6.07, 6.45) is 0.959. The van der Waals surface area contributed by atoms with Gasteiger partial charge in [0.2, 0.25) is 0 Å². The zero-order valence-corrected chi connectivity index (χ0v) is 18.4. The van der Waals surface area contributed by atoms with Crippen LogP contribution in [0, 0.1) is 0 Å². The molecule has 1 amide bonds. The van der Waals surface area contributed by atoms with Crippen molar-refractivity contribution in [3.05, 3.63) is 69.2 Å². The Labute approximate surface area is 180 Å². The Bertz CT molecular complexity index is 1130. The lowest BCUT2D eigenvalue weighted by Gasteiger charge is -2.20. The van der Waals surface area contributed by atoms with Crippen molar-refractivity contribution in [1.29, 1.82) is 0 Å². The number of benzene rings is 2. The van der Waals surface area contributed by atoms with Gasteiger partial charge in [-0.25, -0.2) is 9.78 Å². The summed E-state index contributed by atoms with van der Waals surface area (Å²) in [4.78, 5) is 30.1. The van der Waals surface area contributed by atoms with Gasteiger partial charge in [0.15, 0.2) is 0 Å². The molecule has 0 unspecified atom stereocenters. The minimum absolute atomic E-state index is 0.170. The molecule has 0 aliphatic carbocycles. The highest BCUT2D eigenvalue weighted by Crippen LogP contribution is 2.20. The predicted octanol–water partition coefficient (Wildman–Crippen LogP) is 5.40. The van der Waals surface area contributed by atoms with E-state index in [0.29, 0.717) is 40.4 Å². The quantitative estimate of drug-likeness (QED) is 0.591. The molecule has 30 heavy (non-hydrogen) atoms. The molecule has 0 fully saturated rings. The number of rotatable bonds is 5. The number of aryl methyl sites for hydroxylation is 1. The van der Waals surface area contributed by atoms with Crippen LogP contribution in [0.4, 0.5) is 10.5 Å². The highest BCUT2D eigenvalue weighted by molar-refractivity contribution is 6.31. The second-order valence-electron chi connectivity index (χ2n) is 8.12. The molecule has 3 aromatic rings. The summed E-state index contributed by atoms with van der Waals surface area (Å²) in [5.41, 5.74) is 1.13. The van der Waals surface area contributed by atoms with Crippen molar-refractivity contribution in [2.24, 2.45) is 0 Å². The Balaban J connectivity index is 2.03. The fourth-order valence-electron chi connectivity index (χ4n) is 3.14. The van der Waals surface area contributed by atoms with Gasteiger partial charge >= 0.3 is 6.09 Å². The molecule has 7 heteroatoms. The van der Waals surface area contributed by atoms with Crippen molar-refractivity contribution in [1.82, 2.24) is 9.55 Å². The summed E-state index contributed by atoms with van der Waals surface area (Å²) in [6, 6.07) is 12.5. The van der Waals surface area contributed by atoms with E-state index in [1.807, 2.05) is 25.1 Å². The Kier molecular flexibility index (Phi) is 6.46. The zero-order chi connectivity index (χ0) is 21.9. The molecule has 1 aromatic heterocycles. The first-order chi connectivity index (χ1) is 14.2. The van der Waals surface area contributed by atoms with Gasteiger partial charge in [-0.15, -0.1) is 0 Å². The number of hydrogen-bond donors (Lipinski definition) is 1. The lowest BCUT2D eigenvalue weighted by molar-refractivity contribution is 0.0636. The summed E-state index contributed by atoms with van der Waals surface area (Å²) in [5, 5.41) is 3.71. The third-order valence-corrected chi connectivity index (χ3v) is 4.81. The van der Waals surface area contributed by atoms with Crippen LogP contribution in [0.1, 0.15) is 45.5 Å². The molecular formula is C23H26ClN3O3. The molecular weight excluding hydrogens is 402 g/mol. The van der Waals surface area contributed by atoms with E-state index in [0.717, 1.165) is 12.0 Å². The average Bonchev–Trinajstić information content (AvgIpc) is 2.65. The van der Waals surface area contributed by atoms with Crippen LogP contribution in [0.25, 0.3) is 10.9 Å². The van der Waals surface area contributed by atoms with Crippen molar-refractivity contribution in [2.45, 2.75) is 52.7 Å². The molecule has 0 aliphatic heterocycles. The minimum Gasteiger partial charge on any atom is -0.444 e. The van der Waals surface area contributed by atoms with Crippen LogP contribution in [-0.2, 0) is 17.7 Å². The van der Waals surface area contributed by atoms with Crippen molar-refractivity contribution in [3.63, 3.8) is 0 Å². The van der Waals surface area contributed by atoms with Gasteiger partial charge in [0.05, 0.1) is 17.4 Å². The van der Waals surface area contributed by atoms with Crippen LogP contribution in [0.3, 0.4) is 0 Å². The number of ether oxygens (including phenoxy) is 1. The van der Waals surface area contributed by atoms with E-state index in [1.165, 1.54) is 0 Å². The van der Waals surface area contributed by atoms with Crippen LogP contribution >= 0.6 is 11.6 Å². The molecule has 1 N–H and O–H groups in total. The first-order valence-electron chi connectivity index (χ1n) is 9.95. The van der Waals surface area contributed by atoms with Gasteiger partial charge in [-0.1, -0.05) is 36.7 Å². The lowest BCUT2D eigenvalue weighted by Crippen LogP contribution is -2.28. The van der Waals surface area contributed by atoms with E-state index in [2.05, 4.69) is 5.32 Å². The number of carbonyl (C=O) groups excluding carboxylic acids is 1. The van der Waals surface area contributed by atoms with E-state index in [4.69, 9.17) is 21.3 Å². The maximum absolute atomic E-state index is 13.3. The number of anilines is 1. The molecule has 0 radical (unpaired) electrons. The first kappa shape index (κ1) is 21.8. The van der Waals surface area contributed by atoms with E-state index < -0.39 is 11.7 Å². The molecule has 2 aromatic carbocycles. The van der Waals surface area contributed by atoms with Crippen molar-refractivity contribution in [2.75, 3.05) is 5.32 Å². The van der Waals surface area contributed by atoms with E-state index in [-0.39, 0.29) is 5.56 Å². The summed E-state index contributed by atoms with van der Waals surface area (Å²) in [5.74, 6) is 0.711. The maximum atomic E-state index is 13.3. The zero-order valence-electron chi connectivity index (χ0n) is 17.7. The highest BCUT2D eigenvalue weighted by atomic mass is 35.5. The lowest BCUT2D eigenvalue weighted by atomic mass is 10.1. The van der Waals surface area contributed by atoms with Crippen LogP contribution in [0.2, 0.25) is 5.02 Å². The molecule has 0 saturated heterocycles. The fraction of sp³-hybridized carbons (Fsp3) is 0.348. The summed E-state index contributed by atoms with van der Waals surface area (Å²) < 4.78 is 6.94. The Morgan fingerprint density at radius 2 is 1.93 bits per heavy atom. The molecule has 0 saturated carbocycles. The van der Waals surface area contributed by atoms with Gasteiger partial charge in [-0.3, -0.25) is 14.7 Å². The summed E-state index contributed by atoms with van der Waals surface area (Å²) in [6.45, 7) is 7.75. The van der Waals surface area contributed by atoms with Gasteiger partial charge in [-0.05, 0) is 57.0 Å². The van der Waals surface area contributed by atoms with Gasteiger partial charge in [0.25, 0.3) is 5.56 Å². The Hall–Kier alpha value is -2.86. The minimum atomic E-state index is -0.612. The maximum Gasteiger partial charge on any atom is 0.412 e. The van der Waals surface area contributed by atoms with E-state index >= 15 is 0 Å². The molecule has 158 valence electrons. The average molecular weight is 428 g/mol. The topological polar surface area (TPSA) is 73.2 Å². The smallest absolute Gasteiger partial charge is 0.412 e. The number of fused-ring (bicyclic) bond motifs is 1. The molecule has 3 rings (SSSR count). The third kappa shape index (κ3) is 5.19. The second kappa shape index (κ2) is 8.88. The molecule has 0 atom stereocenters. The number of nitrogens with zero attached hydrogens (tertiary/aromatic N) is 2. The van der Waals surface area contributed by atoms with Crippen molar-refractivity contribution >= 4 is 34.3 Å².